The zero-order valence-corrected chi connectivity index (χ0v) is 22.4. The summed E-state index contributed by atoms with van der Waals surface area (Å²) in [5.74, 6) is -2.90. The van der Waals surface area contributed by atoms with Gasteiger partial charge in [0.15, 0.2) is 0 Å². The zero-order valence-electron chi connectivity index (χ0n) is 21.6. The minimum Gasteiger partial charge on any atom is -0.494 e. The van der Waals surface area contributed by atoms with Crippen LogP contribution < -0.4 is 4.74 Å². The normalized spacial score (nSPS) is 11.3. The van der Waals surface area contributed by atoms with Gasteiger partial charge in [0.1, 0.15) is 10.6 Å². The van der Waals surface area contributed by atoms with Crippen LogP contribution in [0.4, 0.5) is 0 Å². The number of aromatic nitrogens is 2. The first-order valence-corrected chi connectivity index (χ1v) is 13.7. The van der Waals surface area contributed by atoms with E-state index in [1.54, 1.807) is 24.3 Å². The molecule has 0 unspecified atom stereocenters. The number of rotatable bonds is 14. The monoisotopic (exact) mass is 525 g/mol. The SMILES string of the molecule is CCCCN(CCCC)CCCOc1ccc(S(=O)(=O)c2cn[nH]c2C(C)C)cc1.O=C(O)C(=O)O. The standard InChI is InChI=1S/C23H37N3O3S.C2H2O4/c1-5-7-14-26(15-8-6-2)16-9-17-29-20-10-12-21(13-11-20)30(27,28)22-18-24-25-23(22)19(3)4;3-1(4)2(5)6/h10-13,18-19H,5-9,14-17H2,1-4H3,(H,24,25);(H,3,4)(H,5,6). The molecule has 2 aromatic rings. The molecule has 0 amide bonds. The molecule has 36 heavy (non-hydrogen) atoms. The van der Waals surface area contributed by atoms with Gasteiger partial charge in [-0.3, -0.25) is 5.10 Å². The third-order valence-corrected chi connectivity index (χ3v) is 7.16. The van der Waals surface area contributed by atoms with E-state index in [9.17, 15) is 8.42 Å². The number of ether oxygens (including phenoxy) is 1. The summed E-state index contributed by atoms with van der Waals surface area (Å²) < 4.78 is 31.7. The van der Waals surface area contributed by atoms with Crippen LogP contribution in [-0.4, -0.2) is 71.9 Å². The highest BCUT2D eigenvalue weighted by molar-refractivity contribution is 7.91. The lowest BCUT2D eigenvalue weighted by atomic mass is 10.1. The molecule has 1 heterocycles. The van der Waals surface area contributed by atoms with Crippen molar-refractivity contribution in [3.8, 4) is 5.75 Å². The maximum absolute atomic E-state index is 12.9. The molecular weight excluding hydrogens is 486 g/mol. The fourth-order valence-electron chi connectivity index (χ4n) is 3.33. The minimum absolute atomic E-state index is 0.0501. The van der Waals surface area contributed by atoms with Crippen molar-refractivity contribution >= 4 is 21.8 Å². The van der Waals surface area contributed by atoms with Gasteiger partial charge in [0.25, 0.3) is 0 Å². The predicted molar refractivity (Wildman–Crippen MR) is 136 cm³/mol. The molecule has 3 N–H and O–H groups in total. The molecule has 10 nitrogen and oxygen atoms in total. The number of benzene rings is 1. The summed E-state index contributed by atoms with van der Waals surface area (Å²) in [5, 5.41) is 21.5. The molecule has 0 atom stereocenters. The topological polar surface area (TPSA) is 150 Å². The number of sulfone groups is 1. The molecule has 0 spiro atoms. The number of hydrogen-bond acceptors (Lipinski definition) is 7. The molecule has 202 valence electrons. The Bertz CT molecular complexity index is 1010. The fraction of sp³-hybridized carbons (Fsp3) is 0.560. The Morgan fingerprint density at radius 3 is 1.97 bits per heavy atom. The highest BCUT2D eigenvalue weighted by Gasteiger charge is 2.24. The van der Waals surface area contributed by atoms with Crippen LogP contribution in [0.2, 0.25) is 0 Å². The molecule has 0 fully saturated rings. The van der Waals surface area contributed by atoms with Gasteiger partial charge in [-0.05, 0) is 62.5 Å². The van der Waals surface area contributed by atoms with E-state index in [1.165, 1.54) is 31.9 Å². The first-order valence-electron chi connectivity index (χ1n) is 12.2. The van der Waals surface area contributed by atoms with Crippen molar-refractivity contribution in [2.24, 2.45) is 0 Å². The van der Waals surface area contributed by atoms with E-state index in [-0.39, 0.29) is 15.7 Å². The molecule has 2 rings (SSSR count). The molecule has 0 saturated heterocycles. The number of aromatic amines is 1. The summed E-state index contributed by atoms with van der Waals surface area (Å²) in [6, 6.07) is 6.68. The number of nitrogens with one attached hydrogen (secondary N) is 1. The van der Waals surface area contributed by atoms with Crippen molar-refractivity contribution in [2.75, 3.05) is 26.2 Å². The predicted octanol–water partition coefficient (Wildman–Crippen LogP) is 4.19. The molecule has 1 aromatic heterocycles. The molecule has 1 aromatic carbocycles. The van der Waals surface area contributed by atoms with Gasteiger partial charge in [-0.2, -0.15) is 5.10 Å². The summed E-state index contributed by atoms with van der Waals surface area (Å²) in [6.07, 6.45) is 7.24. The first kappa shape index (κ1) is 31.1. The molecular formula is C25H39N3O7S. The second-order valence-electron chi connectivity index (χ2n) is 8.64. The van der Waals surface area contributed by atoms with Crippen LogP contribution in [0.1, 0.15) is 71.4 Å². The molecule has 0 aliphatic rings. The Balaban J connectivity index is 0.000000960. The average Bonchev–Trinajstić information content (AvgIpc) is 3.35. The maximum Gasteiger partial charge on any atom is 0.414 e. The number of carboxylic acid groups (broad SMARTS) is 2. The van der Waals surface area contributed by atoms with Gasteiger partial charge in [-0.1, -0.05) is 40.5 Å². The van der Waals surface area contributed by atoms with E-state index >= 15 is 0 Å². The van der Waals surface area contributed by atoms with Crippen LogP contribution >= 0.6 is 0 Å². The van der Waals surface area contributed by atoms with E-state index in [0.717, 1.165) is 26.1 Å². The summed E-state index contributed by atoms with van der Waals surface area (Å²) in [4.78, 5) is 21.2. The van der Waals surface area contributed by atoms with Gasteiger partial charge in [-0.15, -0.1) is 0 Å². The smallest absolute Gasteiger partial charge is 0.414 e. The van der Waals surface area contributed by atoms with Crippen molar-refractivity contribution in [3.05, 3.63) is 36.2 Å². The maximum atomic E-state index is 12.9. The summed E-state index contributed by atoms with van der Waals surface area (Å²) >= 11 is 0. The van der Waals surface area contributed by atoms with Gasteiger partial charge in [-0.25, -0.2) is 18.0 Å². The third-order valence-electron chi connectivity index (χ3n) is 5.36. The quantitative estimate of drug-likeness (QED) is 0.244. The fourth-order valence-corrected chi connectivity index (χ4v) is 4.84. The summed E-state index contributed by atoms with van der Waals surface area (Å²) in [5.41, 5.74) is 0.631. The van der Waals surface area contributed by atoms with Gasteiger partial charge in [0.05, 0.1) is 23.4 Å². The van der Waals surface area contributed by atoms with Crippen molar-refractivity contribution in [1.29, 1.82) is 0 Å². The number of hydrogen-bond donors (Lipinski definition) is 3. The Labute approximate surface area is 213 Å². The number of nitrogens with zero attached hydrogens (tertiary/aromatic N) is 2. The highest BCUT2D eigenvalue weighted by atomic mass is 32.2. The van der Waals surface area contributed by atoms with E-state index in [2.05, 4.69) is 28.9 Å². The Hall–Kier alpha value is -2.92. The summed E-state index contributed by atoms with van der Waals surface area (Å²) in [7, 11) is -3.60. The highest BCUT2D eigenvalue weighted by Crippen LogP contribution is 2.28. The van der Waals surface area contributed by atoms with Crippen LogP contribution in [-0.2, 0) is 19.4 Å². The lowest BCUT2D eigenvalue weighted by molar-refractivity contribution is -0.159. The largest absolute Gasteiger partial charge is 0.494 e. The van der Waals surface area contributed by atoms with Gasteiger partial charge in [0, 0.05) is 6.54 Å². The number of carbonyl (C=O) groups is 2. The van der Waals surface area contributed by atoms with Crippen LogP contribution in [0, 0.1) is 0 Å². The van der Waals surface area contributed by atoms with Crippen molar-refractivity contribution in [2.45, 2.75) is 75.5 Å². The Kier molecular flexibility index (Phi) is 13.8. The second kappa shape index (κ2) is 15.9. The lowest BCUT2D eigenvalue weighted by Crippen LogP contribution is -2.28. The average molecular weight is 526 g/mol. The molecule has 0 aliphatic carbocycles. The molecule has 0 radical (unpaired) electrons. The first-order chi connectivity index (χ1) is 17.0. The molecule has 0 aliphatic heterocycles. The number of carboxylic acids is 2. The van der Waals surface area contributed by atoms with Gasteiger partial charge >= 0.3 is 11.9 Å². The van der Waals surface area contributed by atoms with E-state index in [4.69, 9.17) is 24.5 Å². The second-order valence-corrected chi connectivity index (χ2v) is 10.6. The molecule has 11 heteroatoms. The van der Waals surface area contributed by atoms with Crippen LogP contribution in [0.25, 0.3) is 0 Å². The van der Waals surface area contributed by atoms with E-state index in [1.807, 2.05) is 13.8 Å². The molecule has 0 saturated carbocycles. The van der Waals surface area contributed by atoms with E-state index in [0.29, 0.717) is 18.1 Å². The van der Waals surface area contributed by atoms with Crippen LogP contribution in [0.15, 0.2) is 40.3 Å². The van der Waals surface area contributed by atoms with E-state index < -0.39 is 21.8 Å². The van der Waals surface area contributed by atoms with Crippen molar-refractivity contribution < 1.29 is 33.0 Å². The van der Waals surface area contributed by atoms with Gasteiger partial charge in [0.2, 0.25) is 9.84 Å². The summed E-state index contributed by atoms with van der Waals surface area (Å²) in [6.45, 7) is 12.3. The number of aliphatic carboxylic acids is 2. The van der Waals surface area contributed by atoms with Gasteiger partial charge < -0.3 is 19.8 Å². The number of unbranched alkanes of at least 4 members (excludes halogenated alkanes) is 2. The zero-order chi connectivity index (χ0) is 27.1. The molecule has 0 bridgehead atoms. The minimum atomic E-state index is -3.60. The van der Waals surface area contributed by atoms with Crippen LogP contribution in [0.5, 0.6) is 5.75 Å². The van der Waals surface area contributed by atoms with Crippen molar-refractivity contribution in [3.63, 3.8) is 0 Å². The third kappa shape index (κ3) is 10.4. The number of H-pyrrole nitrogens is 1. The van der Waals surface area contributed by atoms with Crippen LogP contribution in [0.3, 0.4) is 0 Å². The Morgan fingerprint density at radius 1 is 0.972 bits per heavy atom. The lowest BCUT2D eigenvalue weighted by Gasteiger charge is -2.21. The Morgan fingerprint density at radius 2 is 1.50 bits per heavy atom. The van der Waals surface area contributed by atoms with Crippen molar-refractivity contribution in [1.82, 2.24) is 15.1 Å².